The molecule has 162 valence electrons. The molecule has 0 unspecified atom stereocenters. The number of aromatic nitrogens is 6. The third-order valence-corrected chi connectivity index (χ3v) is 6.55. The Morgan fingerprint density at radius 2 is 1.94 bits per heavy atom. The number of nitrogens with two attached hydrogens (primary N) is 1. The van der Waals surface area contributed by atoms with Crippen molar-refractivity contribution in [3.05, 3.63) is 48.3 Å². The van der Waals surface area contributed by atoms with Crippen LogP contribution in [0.15, 0.2) is 52.5 Å². The lowest BCUT2D eigenvalue weighted by Crippen LogP contribution is -2.11. The largest absolute Gasteiger partial charge is 0.508 e. The number of fused-ring (bicyclic) bond motifs is 1. The van der Waals surface area contributed by atoms with Gasteiger partial charge < -0.3 is 9.67 Å². The van der Waals surface area contributed by atoms with Crippen LogP contribution in [-0.2, 0) is 22.3 Å². The predicted molar refractivity (Wildman–Crippen MR) is 116 cm³/mol. The summed E-state index contributed by atoms with van der Waals surface area (Å²) in [6.45, 7) is 2.87. The zero-order valence-corrected chi connectivity index (χ0v) is 18.3. The summed E-state index contributed by atoms with van der Waals surface area (Å²) in [5, 5.41) is 27.2. The van der Waals surface area contributed by atoms with Crippen molar-refractivity contribution in [3.63, 3.8) is 0 Å². The number of benzene rings is 2. The number of aryl methyl sites for hydroxylation is 1. The Balaban J connectivity index is 1.65. The number of phenolic OH excluding ortho intramolecular Hbond substituents is 1. The van der Waals surface area contributed by atoms with Gasteiger partial charge in [0.1, 0.15) is 11.6 Å². The van der Waals surface area contributed by atoms with Crippen LogP contribution in [0.2, 0.25) is 0 Å². The first-order chi connectivity index (χ1) is 14.9. The van der Waals surface area contributed by atoms with Gasteiger partial charge in [-0.2, -0.15) is 4.68 Å². The molecule has 0 spiro atoms. The minimum atomic E-state index is -3.80. The Labute approximate surface area is 183 Å². The first-order valence-electron chi connectivity index (χ1n) is 9.59. The molecule has 0 radical (unpaired) electrons. The minimum absolute atomic E-state index is 0.0376. The van der Waals surface area contributed by atoms with Crippen molar-refractivity contribution in [3.8, 4) is 11.4 Å². The van der Waals surface area contributed by atoms with Crippen LogP contribution in [0.25, 0.3) is 16.7 Å². The molecule has 0 bridgehead atoms. The molecule has 0 saturated carbocycles. The summed E-state index contributed by atoms with van der Waals surface area (Å²) in [6.07, 6.45) is 1.98. The van der Waals surface area contributed by atoms with Crippen molar-refractivity contribution >= 4 is 32.8 Å². The number of hydrogen-bond donors (Lipinski definition) is 2. The molecule has 12 heteroatoms. The number of thioether (sulfide) groups is 1. The van der Waals surface area contributed by atoms with E-state index in [1.165, 1.54) is 23.9 Å². The highest BCUT2D eigenvalue weighted by molar-refractivity contribution is 7.98. The van der Waals surface area contributed by atoms with Crippen molar-refractivity contribution in [2.45, 2.75) is 42.1 Å². The second-order valence-electron chi connectivity index (χ2n) is 6.91. The van der Waals surface area contributed by atoms with Crippen molar-refractivity contribution in [2.24, 2.45) is 5.14 Å². The van der Waals surface area contributed by atoms with Gasteiger partial charge in [0.15, 0.2) is 0 Å². The fourth-order valence-electron chi connectivity index (χ4n) is 3.17. The number of primary sulfonamides is 1. The van der Waals surface area contributed by atoms with E-state index in [1.54, 1.807) is 35.0 Å². The van der Waals surface area contributed by atoms with E-state index in [0.29, 0.717) is 16.4 Å². The highest BCUT2D eigenvalue weighted by Gasteiger charge is 2.17. The normalized spacial score (nSPS) is 11.9. The third kappa shape index (κ3) is 4.55. The zero-order valence-electron chi connectivity index (χ0n) is 16.7. The van der Waals surface area contributed by atoms with Crippen molar-refractivity contribution < 1.29 is 13.5 Å². The SMILES string of the molecule is CCCCn1c(CSc2nnnn2-c2ccc(O)cc2)nc2cc(S(N)(=O)=O)ccc21. The Kier molecular flexibility index (Phi) is 5.94. The molecule has 31 heavy (non-hydrogen) atoms. The van der Waals surface area contributed by atoms with Crippen LogP contribution in [0.5, 0.6) is 5.75 Å². The molecule has 2 aromatic heterocycles. The molecule has 4 aromatic rings. The summed E-state index contributed by atoms with van der Waals surface area (Å²) < 4.78 is 27.1. The molecular formula is C19H21N7O3S2. The maximum Gasteiger partial charge on any atom is 0.238 e. The second-order valence-corrected chi connectivity index (χ2v) is 9.41. The Morgan fingerprint density at radius 3 is 2.65 bits per heavy atom. The summed E-state index contributed by atoms with van der Waals surface area (Å²) in [4.78, 5) is 4.70. The van der Waals surface area contributed by atoms with Crippen LogP contribution in [0, 0.1) is 0 Å². The number of nitrogens with zero attached hydrogens (tertiary/aromatic N) is 6. The van der Waals surface area contributed by atoms with E-state index in [-0.39, 0.29) is 10.6 Å². The summed E-state index contributed by atoms with van der Waals surface area (Å²) in [5.41, 5.74) is 2.16. The van der Waals surface area contributed by atoms with Gasteiger partial charge in [0, 0.05) is 6.54 Å². The molecule has 0 saturated heterocycles. The lowest BCUT2D eigenvalue weighted by atomic mass is 10.3. The van der Waals surface area contributed by atoms with Gasteiger partial charge in [-0.15, -0.1) is 5.10 Å². The molecule has 2 heterocycles. The van der Waals surface area contributed by atoms with Crippen molar-refractivity contribution in [1.82, 2.24) is 29.8 Å². The fraction of sp³-hybridized carbons (Fsp3) is 0.263. The number of aromatic hydroxyl groups is 1. The third-order valence-electron chi connectivity index (χ3n) is 4.73. The van der Waals surface area contributed by atoms with Gasteiger partial charge in [-0.25, -0.2) is 18.5 Å². The van der Waals surface area contributed by atoms with Gasteiger partial charge in [0.25, 0.3) is 0 Å². The van der Waals surface area contributed by atoms with E-state index in [0.717, 1.165) is 36.4 Å². The molecule has 0 atom stereocenters. The molecule has 10 nitrogen and oxygen atoms in total. The Morgan fingerprint density at radius 1 is 1.16 bits per heavy atom. The summed E-state index contributed by atoms with van der Waals surface area (Å²) in [7, 11) is -3.80. The maximum atomic E-state index is 11.7. The Hall–Kier alpha value is -2.96. The summed E-state index contributed by atoms with van der Waals surface area (Å²) in [5.74, 6) is 1.44. The van der Waals surface area contributed by atoms with Crippen molar-refractivity contribution in [1.29, 1.82) is 0 Å². The second kappa shape index (κ2) is 8.65. The topological polar surface area (TPSA) is 142 Å². The fourth-order valence-corrected chi connectivity index (χ4v) is 4.54. The van der Waals surface area contributed by atoms with E-state index in [9.17, 15) is 13.5 Å². The lowest BCUT2D eigenvalue weighted by molar-refractivity contribution is 0.475. The van der Waals surface area contributed by atoms with Crippen LogP contribution in [-0.4, -0.2) is 43.3 Å². The quantitative estimate of drug-likeness (QED) is 0.383. The highest BCUT2D eigenvalue weighted by Crippen LogP contribution is 2.27. The van der Waals surface area contributed by atoms with Crippen LogP contribution in [0.4, 0.5) is 0 Å². The number of hydrogen-bond acceptors (Lipinski definition) is 8. The lowest BCUT2D eigenvalue weighted by Gasteiger charge is -2.09. The standard InChI is InChI=1S/C19H21N7O3S2/c1-2-3-10-25-17-9-8-15(31(20,28)29)11-16(17)21-18(25)12-30-19-22-23-24-26(19)13-4-6-14(27)7-5-13/h4-9,11,27H,2-3,10,12H2,1H3,(H2,20,28,29). The van der Waals surface area contributed by atoms with Crippen molar-refractivity contribution in [2.75, 3.05) is 0 Å². The van der Waals surface area contributed by atoms with Crippen LogP contribution >= 0.6 is 11.8 Å². The van der Waals surface area contributed by atoms with Crippen LogP contribution in [0.3, 0.4) is 0 Å². The summed E-state index contributed by atoms with van der Waals surface area (Å²) in [6, 6.07) is 11.3. The predicted octanol–water partition coefficient (Wildman–Crippen LogP) is 2.46. The molecule has 2 aromatic carbocycles. The molecule has 4 rings (SSSR count). The molecule has 0 aliphatic rings. The van der Waals surface area contributed by atoms with Gasteiger partial charge in [0.05, 0.1) is 27.4 Å². The van der Waals surface area contributed by atoms with E-state index in [4.69, 9.17) is 5.14 Å². The molecular weight excluding hydrogens is 438 g/mol. The van der Waals surface area contributed by atoms with E-state index >= 15 is 0 Å². The first-order valence-corrected chi connectivity index (χ1v) is 12.1. The highest BCUT2D eigenvalue weighted by atomic mass is 32.2. The molecule has 3 N–H and O–H groups in total. The number of sulfonamides is 1. The average molecular weight is 460 g/mol. The molecule has 0 aliphatic carbocycles. The van der Waals surface area contributed by atoms with E-state index < -0.39 is 10.0 Å². The summed E-state index contributed by atoms with van der Waals surface area (Å²) >= 11 is 1.42. The minimum Gasteiger partial charge on any atom is -0.508 e. The van der Waals surface area contributed by atoms with Gasteiger partial charge in [-0.05, 0) is 59.3 Å². The number of imidazole rings is 1. The molecule has 0 amide bonds. The zero-order chi connectivity index (χ0) is 22.0. The monoisotopic (exact) mass is 459 g/mol. The van der Waals surface area contributed by atoms with Gasteiger partial charge >= 0.3 is 0 Å². The van der Waals surface area contributed by atoms with Gasteiger partial charge in [-0.1, -0.05) is 25.1 Å². The molecule has 0 fully saturated rings. The number of phenols is 1. The van der Waals surface area contributed by atoms with E-state index in [1.807, 2.05) is 0 Å². The van der Waals surface area contributed by atoms with E-state index in [2.05, 4.69) is 32.0 Å². The molecule has 0 aliphatic heterocycles. The number of tetrazole rings is 1. The number of unbranched alkanes of at least 4 members (excludes halogenated alkanes) is 1. The van der Waals surface area contributed by atoms with Gasteiger partial charge in [0.2, 0.25) is 15.2 Å². The Bertz CT molecular complexity index is 1310. The van der Waals surface area contributed by atoms with Gasteiger partial charge in [-0.3, -0.25) is 0 Å². The first kappa shape index (κ1) is 21.3. The van der Waals surface area contributed by atoms with Crippen LogP contribution < -0.4 is 5.14 Å². The maximum absolute atomic E-state index is 11.7. The number of rotatable bonds is 8. The smallest absolute Gasteiger partial charge is 0.238 e. The van der Waals surface area contributed by atoms with Crippen LogP contribution in [0.1, 0.15) is 25.6 Å². The average Bonchev–Trinajstić information content (AvgIpc) is 3.34.